The van der Waals surface area contributed by atoms with Crippen LogP contribution in [0, 0.1) is 18.3 Å². The second kappa shape index (κ2) is 10.5. The fourth-order valence-electron chi connectivity index (χ4n) is 4.54. The van der Waals surface area contributed by atoms with Crippen LogP contribution in [-0.4, -0.2) is 39.5 Å². The molecule has 0 aliphatic carbocycles. The summed E-state index contributed by atoms with van der Waals surface area (Å²) in [6.45, 7) is 7.14. The van der Waals surface area contributed by atoms with Crippen LogP contribution in [0.5, 0.6) is 0 Å². The van der Waals surface area contributed by atoms with E-state index in [0.717, 1.165) is 48.3 Å². The molecule has 0 saturated carbocycles. The van der Waals surface area contributed by atoms with Gasteiger partial charge in [-0.05, 0) is 42.7 Å². The van der Waals surface area contributed by atoms with Gasteiger partial charge in [0.15, 0.2) is 0 Å². The molecule has 1 aliphatic rings. The maximum absolute atomic E-state index is 13.6. The number of amides is 1. The molecule has 0 N–H and O–H groups in total. The van der Waals surface area contributed by atoms with Crippen molar-refractivity contribution in [3.05, 3.63) is 83.4 Å². The smallest absolute Gasteiger partial charge is 0.244 e. The third kappa shape index (κ3) is 5.15. The third-order valence-corrected chi connectivity index (χ3v) is 6.44. The predicted molar refractivity (Wildman–Crippen MR) is 130 cm³/mol. The number of hydrogen-bond donors (Lipinski definition) is 0. The number of unbranched alkanes of at least 4 members (excludes halogenated alkanes) is 1. The topological polar surface area (TPSA) is 65.2 Å². The van der Waals surface area contributed by atoms with Gasteiger partial charge in [-0.2, -0.15) is 5.26 Å². The average Bonchev–Trinajstić information content (AvgIpc) is 3.26. The summed E-state index contributed by atoms with van der Waals surface area (Å²) < 4.78 is 2.14. The molecule has 0 bridgehead atoms. The van der Waals surface area contributed by atoms with E-state index < -0.39 is 0 Å². The number of piperazine rings is 1. The number of nitrogens with zero attached hydrogens (tertiary/aromatic N) is 5. The number of nitriles is 1. The number of imidazole rings is 1. The summed E-state index contributed by atoms with van der Waals surface area (Å²) in [6, 6.07) is 17.8. The first-order chi connectivity index (χ1) is 16.1. The molecule has 6 nitrogen and oxygen atoms in total. The molecule has 1 amide bonds. The normalized spacial score (nSPS) is 16.7. The number of aryl methyl sites for hydroxylation is 1. The molecule has 170 valence electrons. The molecular formula is C27H31N5O. The molecule has 2 heterocycles. The van der Waals surface area contributed by atoms with Gasteiger partial charge in [0.25, 0.3) is 0 Å². The number of benzene rings is 2. The molecule has 2 aromatic carbocycles. The van der Waals surface area contributed by atoms with Crippen LogP contribution in [0.4, 0.5) is 5.69 Å². The highest BCUT2D eigenvalue weighted by Gasteiger charge is 2.35. The molecule has 33 heavy (non-hydrogen) atoms. The van der Waals surface area contributed by atoms with E-state index in [1.807, 2.05) is 59.9 Å². The highest BCUT2D eigenvalue weighted by atomic mass is 16.2. The van der Waals surface area contributed by atoms with E-state index >= 15 is 0 Å². The Morgan fingerprint density at radius 3 is 2.61 bits per heavy atom. The highest BCUT2D eigenvalue weighted by molar-refractivity contribution is 5.98. The molecule has 0 radical (unpaired) electrons. The number of aromatic nitrogens is 2. The lowest BCUT2D eigenvalue weighted by Crippen LogP contribution is -2.57. The lowest BCUT2D eigenvalue weighted by atomic mass is 10.0. The number of anilines is 1. The zero-order valence-electron chi connectivity index (χ0n) is 19.4. The van der Waals surface area contributed by atoms with Gasteiger partial charge in [0.05, 0.1) is 29.7 Å². The van der Waals surface area contributed by atoms with E-state index in [0.29, 0.717) is 25.2 Å². The van der Waals surface area contributed by atoms with Gasteiger partial charge in [-0.1, -0.05) is 50.1 Å². The number of carbonyl (C=O) groups excluding carboxylic acids is 1. The SMILES string of the molecule is CCCC[C@H]1C(=O)N(c2ccccc2C)CCN1Cc1cncn1Cc1ccc(C#N)cc1. The standard InChI is InChI=1S/C27H31N5O/c1-3-4-8-26-27(33)32(25-9-6-5-7-21(25)2)15-14-30(26)19-24-17-29-20-31(24)18-23-12-10-22(16-28)11-13-23/h5-7,9-13,17,20,26H,3-4,8,14-15,18-19H2,1-2H3/t26-/m0/s1. The second-order valence-electron chi connectivity index (χ2n) is 8.73. The Morgan fingerprint density at radius 2 is 1.88 bits per heavy atom. The summed E-state index contributed by atoms with van der Waals surface area (Å²) in [7, 11) is 0. The quantitative estimate of drug-likeness (QED) is 0.516. The van der Waals surface area contributed by atoms with Gasteiger partial charge in [-0.3, -0.25) is 9.69 Å². The maximum atomic E-state index is 13.6. The summed E-state index contributed by atoms with van der Waals surface area (Å²) in [6.07, 6.45) is 6.71. The zero-order valence-corrected chi connectivity index (χ0v) is 19.4. The summed E-state index contributed by atoms with van der Waals surface area (Å²) in [5.41, 5.74) is 5.03. The Kier molecular flexibility index (Phi) is 7.21. The fourth-order valence-corrected chi connectivity index (χ4v) is 4.54. The zero-order chi connectivity index (χ0) is 23.2. The van der Waals surface area contributed by atoms with Gasteiger partial charge in [0.2, 0.25) is 5.91 Å². The molecule has 1 atom stereocenters. The monoisotopic (exact) mass is 441 g/mol. The van der Waals surface area contributed by atoms with Crippen LogP contribution in [-0.2, 0) is 17.9 Å². The van der Waals surface area contributed by atoms with Gasteiger partial charge in [0.1, 0.15) is 0 Å². The molecule has 0 unspecified atom stereocenters. The van der Waals surface area contributed by atoms with Crippen LogP contribution in [0.3, 0.4) is 0 Å². The third-order valence-electron chi connectivity index (χ3n) is 6.44. The van der Waals surface area contributed by atoms with Gasteiger partial charge in [0, 0.05) is 38.1 Å². The molecule has 1 aromatic heterocycles. The average molecular weight is 442 g/mol. The summed E-state index contributed by atoms with van der Waals surface area (Å²) in [4.78, 5) is 22.3. The van der Waals surface area contributed by atoms with Gasteiger partial charge in [-0.25, -0.2) is 4.98 Å². The van der Waals surface area contributed by atoms with E-state index in [1.54, 1.807) is 0 Å². The Hall–Kier alpha value is -3.43. The second-order valence-corrected chi connectivity index (χ2v) is 8.73. The highest BCUT2D eigenvalue weighted by Crippen LogP contribution is 2.27. The molecule has 6 heteroatoms. The fraction of sp³-hybridized carbons (Fsp3) is 0.370. The van der Waals surface area contributed by atoms with Crippen LogP contribution in [0.2, 0.25) is 0 Å². The molecule has 3 aromatic rings. The van der Waals surface area contributed by atoms with Crippen molar-refractivity contribution in [1.82, 2.24) is 14.5 Å². The van der Waals surface area contributed by atoms with Crippen LogP contribution in [0.1, 0.15) is 48.6 Å². The van der Waals surface area contributed by atoms with Crippen LogP contribution < -0.4 is 4.90 Å². The van der Waals surface area contributed by atoms with Gasteiger partial charge in [-0.15, -0.1) is 0 Å². The summed E-state index contributed by atoms with van der Waals surface area (Å²) >= 11 is 0. The molecule has 1 aliphatic heterocycles. The molecule has 1 fully saturated rings. The van der Waals surface area contributed by atoms with Crippen molar-refractivity contribution in [1.29, 1.82) is 5.26 Å². The first-order valence-electron chi connectivity index (χ1n) is 11.7. The van der Waals surface area contributed by atoms with Crippen molar-refractivity contribution in [2.45, 2.75) is 52.2 Å². The summed E-state index contributed by atoms with van der Waals surface area (Å²) in [5, 5.41) is 9.02. The Bertz CT molecular complexity index is 1130. The van der Waals surface area contributed by atoms with E-state index in [1.165, 1.54) is 0 Å². The van der Waals surface area contributed by atoms with E-state index in [2.05, 4.69) is 40.4 Å². The van der Waals surface area contributed by atoms with Crippen LogP contribution in [0.15, 0.2) is 61.1 Å². The van der Waals surface area contributed by atoms with Crippen molar-refractivity contribution in [2.24, 2.45) is 0 Å². The summed E-state index contributed by atoms with van der Waals surface area (Å²) in [5.74, 6) is 0.196. The minimum atomic E-state index is -0.128. The van der Waals surface area contributed by atoms with Gasteiger partial charge < -0.3 is 9.47 Å². The molecule has 0 spiro atoms. The Morgan fingerprint density at radius 1 is 1.09 bits per heavy atom. The predicted octanol–water partition coefficient (Wildman–Crippen LogP) is 4.52. The van der Waals surface area contributed by atoms with Gasteiger partial charge >= 0.3 is 0 Å². The van der Waals surface area contributed by atoms with Crippen molar-refractivity contribution in [2.75, 3.05) is 18.0 Å². The van der Waals surface area contributed by atoms with Crippen molar-refractivity contribution in [3.8, 4) is 6.07 Å². The van der Waals surface area contributed by atoms with Crippen LogP contribution in [0.25, 0.3) is 0 Å². The minimum Gasteiger partial charge on any atom is -0.329 e. The lowest BCUT2D eigenvalue weighted by Gasteiger charge is -2.41. The number of hydrogen-bond acceptors (Lipinski definition) is 4. The van der Waals surface area contributed by atoms with E-state index in [4.69, 9.17) is 5.26 Å². The van der Waals surface area contributed by atoms with E-state index in [-0.39, 0.29) is 11.9 Å². The Labute approximate surface area is 196 Å². The number of carbonyl (C=O) groups is 1. The lowest BCUT2D eigenvalue weighted by molar-refractivity contribution is -0.126. The largest absolute Gasteiger partial charge is 0.329 e. The maximum Gasteiger partial charge on any atom is 0.244 e. The van der Waals surface area contributed by atoms with Crippen LogP contribution >= 0.6 is 0 Å². The van der Waals surface area contributed by atoms with E-state index in [9.17, 15) is 4.79 Å². The first kappa shape index (κ1) is 22.8. The number of para-hydroxylation sites is 1. The van der Waals surface area contributed by atoms with Crippen molar-refractivity contribution >= 4 is 11.6 Å². The first-order valence-corrected chi connectivity index (χ1v) is 11.7. The molecule has 1 saturated heterocycles. The van der Waals surface area contributed by atoms with Crippen molar-refractivity contribution in [3.63, 3.8) is 0 Å². The molecule has 4 rings (SSSR count). The number of rotatable bonds is 8. The minimum absolute atomic E-state index is 0.128. The Balaban J connectivity index is 1.51. The van der Waals surface area contributed by atoms with Crippen molar-refractivity contribution < 1.29 is 4.79 Å². The molecular weight excluding hydrogens is 410 g/mol.